The van der Waals surface area contributed by atoms with E-state index in [2.05, 4.69) is 0 Å². The summed E-state index contributed by atoms with van der Waals surface area (Å²) >= 11 is 0. The zero-order chi connectivity index (χ0) is 23.1. The molecular weight excluding hydrogens is 436 g/mol. The molecule has 8 heteroatoms. The number of nitrogens with zero attached hydrogens (tertiary/aromatic N) is 1. The number of ether oxygens (including phenoxy) is 1. The standard InChI is InChI=1S/C24H23F2NO4S/c1-2-31-24(28)20-7-3-19(4-8-20)17-27(16-15-18-5-9-21(25)10-6-18)32(29,30)23-13-11-22(26)12-14-23/h3-14H,2,15-17H2,1H3. The molecule has 0 heterocycles. The van der Waals surface area contributed by atoms with E-state index in [9.17, 15) is 22.0 Å². The van der Waals surface area contributed by atoms with Gasteiger partial charge in [0.05, 0.1) is 17.1 Å². The number of benzene rings is 3. The first-order chi connectivity index (χ1) is 15.3. The highest BCUT2D eigenvalue weighted by Crippen LogP contribution is 2.20. The number of esters is 1. The molecule has 0 fully saturated rings. The van der Waals surface area contributed by atoms with Crippen molar-refractivity contribution in [2.75, 3.05) is 13.2 Å². The van der Waals surface area contributed by atoms with Gasteiger partial charge < -0.3 is 4.74 Å². The minimum absolute atomic E-state index is 0.0267. The van der Waals surface area contributed by atoms with E-state index in [0.717, 1.165) is 17.7 Å². The summed E-state index contributed by atoms with van der Waals surface area (Å²) in [6.45, 7) is 2.15. The van der Waals surface area contributed by atoms with Gasteiger partial charge in [-0.3, -0.25) is 0 Å². The minimum Gasteiger partial charge on any atom is -0.462 e. The van der Waals surface area contributed by atoms with Crippen molar-refractivity contribution >= 4 is 16.0 Å². The zero-order valence-corrected chi connectivity index (χ0v) is 18.3. The molecule has 0 saturated heterocycles. The number of carbonyl (C=O) groups excluding carboxylic acids is 1. The van der Waals surface area contributed by atoms with Crippen LogP contribution >= 0.6 is 0 Å². The molecule has 0 amide bonds. The molecule has 0 aliphatic rings. The molecule has 168 valence electrons. The Morgan fingerprint density at radius 3 is 1.94 bits per heavy atom. The van der Waals surface area contributed by atoms with Crippen molar-refractivity contribution in [1.29, 1.82) is 0 Å². The van der Waals surface area contributed by atoms with Gasteiger partial charge in [-0.2, -0.15) is 4.31 Å². The first kappa shape index (κ1) is 23.6. The number of carbonyl (C=O) groups is 1. The second kappa shape index (κ2) is 10.5. The molecule has 0 atom stereocenters. The van der Waals surface area contributed by atoms with Crippen molar-refractivity contribution in [2.45, 2.75) is 24.8 Å². The predicted molar refractivity (Wildman–Crippen MR) is 116 cm³/mol. The van der Waals surface area contributed by atoms with E-state index in [4.69, 9.17) is 4.74 Å². The van der Waals surface area contributed by atoms with Crippen LogP contribution in [-0.4, -0.2) is 31.8 Å². The summed E-state index contributed by atoms with van der Waals surface area (Å²) in [6, 6.07) is 17.0. The van der Waals surface area contributed by atoms with Gasteiger partial charge >= 0.3 is 5.97 Å². The van der Waals surface area contributed by atoms with E-state index in [1.807, 2.05) is 0 Å². The average Bonchev–Trinajstić information content (AvgIpc) is 2.78. The number of sulfonamides is 1. The van der Waals surface area contributed by atoms with Crippen LogP contribution in [0.1, 0.15) is 28.4 Å². The predicted octanol–water partition coefficient (Wildman–Crippen LogP) is 4.58. The third-order valence-electron chi connectivity index (χ3n) is 4.84. The van der Waals surface area contributed by atoms with Gasteiger partial charge in [-0.25, -0.2) is 22.0 Å². The van der Waals surface area contributed by atoms with Gasteiger partial charge in [-0.05, 0) is 73.0 Å². The highest BCUT2D eigenvalue weighted by atomic mass is 32.2. The Hall–Kier alpha value is -3.10. The third-order valence-corrected chi connectivity index (χ3v) is 6.70. The normalized spacial score (nSPS) is 11.5. The summed E-state index contributed by atoms with van der Waals surface area (Å²) in [5, 5.41) is 0. The second-order valence-electron chi connectivity index (χ2n) is 7.09. The Morgan fingerprint density at radius 2 is 1.38 bits per heavy atom. The largest absolute Gasteiger partial charge is 0.462 e. The molecule has 3 rings (SSSR count). The highest BCUT2D eigenvalue weighted by molar-refractivity contribution is 7.89. The summed E-state index contributed by atoms with van der Waals surface area (Å²) in [6.07, 6.45) is 0.363. The molecule has 0 aliphatic heterocycles. The van der Waals surface area contributed by atoms with Crippen molar-refractivity contribution in [3.63, 3.8) is 0 Å². The van der Waals surface area contributed by atoms with E-state index >= 15 is 0 Å². The fraction of sp³-hybridized carbons (Fsp3) is 0.208. The van der Waals surface area contributed by atoms with Crippen molar-refractivity contribution in [1.82, 2.24) is 4.31 Å². The number of hydrogen-bond acceptors (Lipinski definition) is 4. The van der Waals surface area contributed by atoms with Gasteiger partial charge in [-0.15, -0.1) is 0 Å². The van der Waals surface area contributed by atoms with Gasteiger partial charge in [0.2, 0.25) is 10.0 Å². The van der Waals surface area contributed by atoms with Crippen LogP contribution in [0.25, 0.3) is 0 Å². The maximum Gasteiger partial charge on any atom is 0.338 e. The fourth-order valence-electron chi connectivity index (χ4n) is 3.11. The number of hydrogen-bond donors (Lipinski definition) is 0. The van der Waals surface area contributed by atoms with Crippen LogP contribution in [0.5, 0.6) is 0 Å². The van der Waals surface area contributed by atoms with Gasteiger partial charge in [0.1, 0.15) is 11.6 Å². The van der Waals surface area contributed by atoms with Crippen LogP contribution in [0.3, 0.4) is 0 Å². The Bertz CT molecular complexity index is 1150. The molecule has 0 aliphatic carbocycles. The van der Waals surface area contributed by atoms with Crippen LogP contribution in [0, 0.1) is 11.6 Å². The smallest absolute Gasteiger partial charge is 0.338 e. The molecule has 3 aromatic rings. The van der Waals surface area contributed by atoms with E-state index in [1.54, 1.807) is 43.3 Å². The lowest BCUT2D eigenvalue weighted by Crippen LogP contribution is -2.32. The Balaban J connectivity index is 1.84. The maximum absolute atomic E-state index is 13.3. The van der Waals surface area contributed by atoms with Crippen LogP contribution in [0.4, 0.5) is 8.78 Å². The van der Waals surface area contributed by atoms with Crippen LogP contribution in [0.2, 0.25) is 0 Å². The van der Waals surface area contributed by atoms with Gasteiger partial charge in [0, 0.05) is 13.1 Å². The first-order valence-electron chi connectivity index (χ1n) is 10.1. The minimum atomic E-state index is -3.93. The lowest BCUT2D eigenvalue weighted by Gasteiger charge is -2.23. The van der Waals surface area contributed by atoms with Crippen LogP contribution in [-0.2, 0) is 27.7 Å². The summed E-state index contributed by atoms with van der Waals surface area (Å²) in [5.41, 5.74) is 1.82. The molecule has 0 aromatic heterocycles. The molecule has 0 saturated carbocycles. The lowest BCUT2D eigenvalue weighted by molar-refractivity contribution is 0.0526. The van der Waals surface area contributed by atoms with E-state index in [1.165, 1.54) is 28.6 Å². The molecule has 3 aromatic carbocycles. The molecule has 32 heavy (non-hydrogen) atoms. The third kappa shape index (κ3) is 5.99. The molecular formula is C24H23F2NO4S. The first-order valence-corrected chi connectivity index (χ1v) is 11.5. The number of rotatable bonds is 9. The molecule has 0 N–H and O–H groups in total. The zero-order valence-electron chi connectivity index (χ0n) is 17.5. The Kier molecular flexibility index (Phi) is 7.71. The topological polar surface area (TPSA) is 63.7 Å². The Morgan fingerprint density at radius 1 is 0.844 bits per heavy atom. The summed E-state index contributed by atoms with van der Waals surface area (Å²) in [4.78, 5) is 11.8. The molecule has 0 bridgehead atoms. The quantitative estimate of drug-likeness (QED) is 0.440. The monoisotopic (exact) mass is 459 g/mol. The van der Waals surface area contributed by atoms with Crippen molar-refractivity contribution in [3.05, 3.63) is 101 Å². The van der Waals surface area contributed by atoms with E-state index < -0.39 is 21.8 Å². The maximum atomic E-state index is 13.3. The van der Waals surface area contributed by atoms with Gasteiger partial charge in [0.15, 0.2) is 0 Å². The summed E-state index contributed by atoms with van der Waals surface area (Å²) < 4.78 is 59.2. The molecule has 0 spiro atoms. The van der Waals surface area contributed by atoms with Gasteiger partial charge in [-0.1, -0.05) is 24.3 Å². The van der Waals surface area contributed by atoms with Crippen molar-refractivity contribution < 1.29 is 26.7 Å². The van der Waals surface area contributed by atoms with Crippen LogP contribution < -0.4 is 0 Å². The molecule has 5 nitrogen and oxygen atoms in total. The molecule has 0 radical (unpaired) electrons. The van der Waals surface area contributed by atoms with Crippen LogP contribution in [0.15, 0.2) is 77.7 Å². The van der Waals surface area contributed by atoms with Crippen molar-refractivity contribution in [3.8, 4) is 0 Å². The fourth-order valence-corrected chi connectivity index (χ4v) is 4.54. The number of halogens is 2. The van der Waals surface area contributed by atoms with E-state index in [0.29, 0.717) is 17.5 Å². The van der Waals surface area contributed by atoms with Gasteiger partial charge in [0.25, 0.3) is 0 Å². The summed E-state index contributed by atoms with van der Waals surface area (Å²) in [7, 11) is -3.93. The summed E-state index contributed by atoms with van der Waals surface area (Å²) in [5.74, 6) is -1.35. The van der Waals surface area contributed by atoms with Crippen molar-refractivity contribution in [2.24, 2.45) is 0 Å². The second-order valence-corrected chi connectivity index (χ2v) is 9.02. The average molecular weight is 460 g/mol. The SMILES string of the molecule is CCOC(=O)c1ccc(CN(CCc2ccc(F)cc2)S(=O)(=O)c2ccc(F)cc2)cc1. The van der Waals surface area contributed by atoms with E-state index in [-0.39, 0.29) is 30.4 Å². The lowest BCUT2D eigenvalue weighted by atomic mass is 10.1. The molecule has 0 unspecified atom stereocenters. The highest BCUT2D eigenvalue weighted by Gasteiger charge is 2.25. The Labute approximate surface area is 186 Å².